The third-order valence-electron chi connectivity index (χ3n) is 5.26. The van der Waals surface area contributed by atoms with Crippen LogP contribution in [0.25, 0.3) is 0 Å². The van der Waals surface area contributed by atoms with Crippen molar-refractivity contribution in [3.05, 3.63) is 71.3 Å². The van der Waals surface area contributed by atoms with Gasteiger partial charge in [-0.25, -0.2) is 9.59 Å². The summed E-state index contributed by atoms with van der Waals surface area (Å²) in [7, 11) is 0. The number of nitrogens with one attached hydrogen (secondary N) is 1. The van der Waals surface area contributed by atoms with Crippen molar-refractivity contribution in [2.75, 3.05) is 26.2 Å². The number of hydrogen-bond acceptors (Lipinski definition) is 5. The smallest absolute Gasteiger partial charge is 0.410 e. The fourth-order valence-corrected chi connectivity index (χ4v) is 3.47. The second-order valence-electron chi connectivity index (χ2n) is 9.27. The van der Waals surface area contributed by atoms with E-state index in [0.717, 1.165) is 16.7 Å². The van der Waals surface area contributed by atoms with Crippen LogP contribution < -0.4 is 5.32 Å². The van der Waals surface area contributed by atoms with Crippen molar-refractivity contribution in [1.82, 2.24) is 15.1 Å². The molecule has 0 radical (unpaired) electrons. The van der Waals surface area contributed by atoms with Gasteiger partial charge in [-0.1, -0.05) is 54.6 Å². The topological polar surface area (TPSA) is 88.2 Å². The molecule has 182 valence electrons. The Balaban J connectivity index is 1.38. The lowest BCUT2D eigenvalue weighted by Gasteiger charge is -2.35. The Morgan fingerprint density at radius 2 is 1.62 bits per heavy atom. The molecule has 2 aromatic carbocycles. The van der Waals surface area contributed by atoms with Crippen LogP contribution >= 0.6 is 0 Å². The first kappa shape index (κ1) is 25.1. The third-order valence-corrected chi connectivity index (χ3v) is 5.26. The number of amides is 3. The molecule has 2 aromatic rings. The van der Waals surface area contributed by atoms with Crippen molar-refractivity contribution < 1.29 is 23.9 Å². The monoisotopic (exact) mass is 467 g/mol. The van der Waals surface area contributed by atoms with E-state index >= 15 is 0 Å². The van der Waals surface area contributed by atoms with Gasteiger partial charge in [-0.05, 0) is 43.9 Å². The third kappa shape index (κ3) is 8.10. The van der Waals surface area contributed by atoms with E-state index in [1.54, 1.807) is 25.7 Å². The van der Waals surface area contributed by atoms with Gasteiger partial charge in [0.1, 0.15) is 18.8 Å². The molecular formula is C26H33N3O5. The van der Waals surface area contributed by atoms with E-state index in [2.05, 4.69) is 5.32 Å². The molecule has 1 aliphatic heterocycles. The van der Waals surface area contributed by atoms with Crippen LogP contribution in [0.4, 0.5) is 9.59 Å². The summed E-state index contributed by atoms with van der Waals surface area (Å²) in [6.07, 6.45) is -0.222. The van der Waals surface area contributed by atoms with Gasteiger partial charge in [-0.3, -0.25) is 9.69 Å². The lowest BCUT2D eigenvalue weighted by molar-refractivity contribution is -0.136. The van der Waals surface area contributed by atoms with Crippen LogP contribution in [0, 0.1) is 0 Å². The molecule has 0 saturated carbocycles. The number of carbonyl (C=O) groups is 3. The van der Waals surface area contributed by atoms with Crippen molar-refractivity contribution >= 4 is 18.1 Å². The van der Waals surface area contributed by atoms with Crippen molar-refractivity contribution in [2.45, 2.75) is 45.9 Å². The maximum absolute atomic E-state index is 12.5. The maximum Gasteiger partial charge on any atom is 0.410 e. The van der Waals surface area contributed by atoms with E-state index in [9.17, 15) is 14.4 Å². The Morgan fingerprint density at radius 3 is 2.26 bits per heavy atom. The van der Waals surface area contributed by atoms with Crippen LogP contribution in [0.2, 0.25) is 0 Å². The number of rotatable bonds is 7. The van der Waals surface area contributed by atoms with Gasteiger partial charge in [0.2, 0.25) is 5.91 Å². The van der Waals surface area contributed by atoms with E-state index in [1.807, 2.05) is 54.6 Å². The quantitative estimate of drug-likeness (QED) is 0.670. The minimum Gasteiger partial charge on any atom is -0.445 e. The molecule has 0 aliphatic carbocycles. The summed E-state index contributed by atoms with van der Waals surface area (Å²) >= 11 is 0. The molecule has 1 N–H and O–H groups in total. The molecular weight excluding hydrogens is 434 g/mol. The molecule has 3 amide bonds. The summed E-state index contributed by atoms with van der Waals surface area (Å²) in [5.74, 6) is -0.0978. The van der Waals surface area contributed by atoms with Gasteiger partial charge in [-0.2, -0.15) is 0 Å². The van der Waals surface area contributed by atoms with E-state index in [0.29, 0.717) is 32.6 Å². The van der Waals surface area contributed by atoms with Crippen LogP contribution in [-0.4, -0.2) is 59.7 Å². The molecule has 1 saturated heterocycles. The Hall–Kier alpha value is -3.55. The number of alkyl carbamates (subject to hydrolysis) is 1. The van der Waals surface area contributed by atoms with Crippen molar-refractivity contribution in [3.8, 4) is 0 Å². The Kier molecular flexibility index (Phi) is 8.51. The zero-order valence-electron chi connectivity index (χ0n) is 20.1. The Morgan fingerprint density at radius 1 is 0.941 bits per heavy atom. The van der Waals surface area contributed by atoms with Gasteiger partial charge in [0, 0.05) is 26.2 Å². The van der Waals surface area contributed by atoms with Crippen LogP contribution in [0.1, 0.15) is 37.5 Å². The average molecular weight is 468 g/mol. The van der Waals surface area contributed by atoms with Crippen molar-refractivity contribution in [1.29, 1.82) is 0 Å². The lowest BCUT2D eigenvalue weighted by atomic mass is 10.1. The van der Waals surface area contributed by atoms with Crippen molar-refractivity contribution in [3.63, 3.8) is 0 Å². The van der Waals surface area contributed by atoms with E-state index < -0.39 is 17.8 Å². The molecule has 8 nitrogen and oxygen atoms in total. The van der Waals surface area contributed by atoms with E-state index in [4.69, 9.17) is 9.47 Å². The highest BCUT2D eigenvalue weighted by Crippen LogP contribution is 2.15. The fourth-order valence-electron chi connectivity index (χ4n) is 3.47. The predicted octanol–water partition coefficient (Wildman–Crippen LogP) is 3.73. The molecule has 0 spiro atoms. The first-order valence-corrected chi connectivity index (χ1v) is 11.5. The zero-order chi connectivity index (χ0) is 24.6. The van der Waals surface area contributed by atoms with Gasteiger partial charge in [0.25, 0.3) is 0 Å². The molecule has 34 heavy (non-hydrogen) atoms. The molecule has 1 heterocycles. The van der Waals surface area contributed by atoms with Crippen LogP contribution in [0.3, 0.4) is 0 Å². The molecule has 8 heteroatoms. The number of benzene rings is 2. The normalized spacial score (nSPS) is 14.0. The van der Waals surface area contributed by atoms with Gasteiger partial charge in [0.15, 0.2) is 0 Å². The highest BCUT2D eigenvalue weighted by Gasteiger charge is 2.30. The molecule has 0 aromatic heterocycles. The van der Waals surface area contributed by atoms with Crippen LogP contribution in [0.5, 0.6) is 0 Å². The summed E-state index contributed by atoms with van der Waals surface area (Å²) < 4.78 is 10.6. The predicted molar refractivity (Wildman–Crippen MR) is 128 cm³/mol. The minimum atomic E-state index is -0.586. The molecule has 0 atom stereocenters. The zero-order valence-corrected chi connectivity index (χ0v) is 20.1. The second-order valence-corrected chi connectivity index (χ2v) is 9.27. The molecule has 0 unspecified atom stereocenters. The molecule has 3 rings (SSSR count). The highest BCUT2D eigenvalue weighted by molar-refractivity contribution is 5.83. The Bertz CT molecular complexity index is 970. The second kappa shape index (κ2) is 11.5. The summed E-state index contributed by atoms with van der Waals surface area (Å²) in [6, 6.07) is 17.5. The maximum atomic E-state index is 12.5. The van der Waals surface area contributed by atoms with E-state index in [-0.39, 0.29) is 19.1 Å². The van der Waals surface area contributed by atoms with Crippen molar-refractivity contribution in [2.24, 2.45) is 0 Å². The summed E-state index contributed by atoms with van der Waals surface area (Å²) in [6.45, 7) is 7.56. The standard InChI is InChI=1S/C26H33N3O5/c1-26(2,3)34-25(32)29-16-15-28(23(30)18-29)17-21-11-9-20(10-12-21)13-14-27-24(31)33-19-22-7-5-4-6-8-22/h4-12H,13-19H2,1-3H3,(H,27,31). The number of ether oxygens (including phenoxy) is 2. The highest BCUT2D eigenvalue weighted by atomic mass is 16.6. The van der Waals surface area contributed by atoms with Gasteiger partial charge < -0.3 is 19.7 Å². The molecule has 0 bridgehead atoms. The molecule has 1 fully saturated rings. The first-order valence-electron chi connectivity index (χ1n) is 11.5. The number of piperazine rings is 1. The minimum absolute atomic E-state index is 0.0268. The fraction of sp³-hybridized carbons (Fsp3) is 0.423. The summed E-state index contributed by atoms with van der Waals surface area (Å²) in [5, 5.41) is 2.76. The van der Waals surface area contributed by atoms with Gasteiger partial charge in [-0.15, -0.1) is 0 Å². The number of hydrogen-bond donors (Lipinski definition) is 1. The largest absolute Gasteiger partial charge is 0.445 e. The van der Waals surface area contributed by atoms with Gasteiger partial charge in [0.05, 0.1) is 0 Å². The average Bonchev–Trinajstić information content (AvgIpc) is 2.79. The Labute approximate surface area is 200 Å². The lowest BCUT2D eigenvalue weighted by Crippen LogP contribution is -2.52. The van der Waals surface area contributed by atoms with Crippen LogP contribution in [-0.2, 0) is 33.8 Å². The number of nitrogens with zero attached hydrogens (tertiary/aromatic N) is 2. The summed E-state index contributed by atoms with van der Waals surface area (Å²) in [4.78, 5) is 39.8. The van der Waals surface area contributed by atoms with E-state index in [1.165, 1.54) is 4.90 Å². The first-order chi connectivity index (χ1) is 16.2. The SMILES string of the molecule is CC(C)(C)OC(=O)N1CCN(Cc2ccc(CCNC(=O)OCc3ccccc3)cc2)C(=O)C1. The number of carbonyl (C=O) groups excluding carboxylic acids is 3. The van der Waals surface area contributed by atoms with Gasteiger partial charge >= 0.3 is 12.2 Å². The van der Waals surface area contributed by atoms with Crippen LogP contribution in [0.15, 0.2) is 54.6 Å². The summed E-state index contributed by atoms with van der Waals surface area (Å²) in [5.41, 5.74) is 2.45. The molecule has 1 aliphatic rings.